The van der Waals surface area contributed by atoms with E-state index in [4.69, 9.17) is 4.74 Å². The zero-order valence-electron chi connectivity index (χ0n) is 13.6. The van der Waals surface area contributed by atoms with Crippen LogP contribution in [0.1, 0.15) is 50.5 Å². The van der Waals surface area contributed by atoms with Crippen LogP contribution < -0.4 is 10.6 Å². The molecule has 1 aromatic rings. The Hall–Kier alpha value is -1.56. The van der Waals surface area contributed by atoms with E-state index in [0.717, 1.165) is 10.0 Å². The summed E-state index contributed by atoms with van der Waals surface area (Å²) in [5.41, 5.74) is 0.821. The van der Waals surface area contributed by atoms with E-state index in [9.17, 15) is 9.59 Å². The lowest BCUT2D eigenvalue weighted by Gasteiger charge is -2.19. The van der Waals surface area contributed by atoms with Gasteiger partial charge < -0.3 is 15.4 Å². The zero-order chi connectivity index (χ0) is 16.9. The van der Waals surface area contributed by atoms with Crippen molar-refractivity contribution in [1.82, 2.24) is 10.6 Å². The van der Waals surface area contributed by atoms with E-state index in [2.05, 4.69) is 26.6 Å². The summed E-state index contributed by atoms with van der Waals surface area (Å²) in [6.45, 7) is 9.51. The summed E-state index contributed by atoms with van der Waals surface area (Å²) in [6, 6.07) is 5.41. The molecule has 0 bridgehead atoms. The van der Waals surface area contributed by atoms with Crippen LogP contribution >= 0.6 is 15.9 Å². The molecule has 1 aromatic carbocycles. The Morgan fingerprint density at radius 3 is 2.41 bits per heavy atom. The summed E-state index contributed by atoms with van der Waals surface area (Å²) in [5, 5.41) is 5.51. The number of hydrogen-bond acceptors (Lipinski definition) is 3. The Morgan fingerprint density at radius 1 is 1.23 bits per heavy atom. The molecule has 6 heteroatoms. The maximum absolute atomic E-state index is 12.0. The Bertz CT molecular complexity index is 551. The summed E-state index contributed by atoms with van der Waals surface area (Å²) < 4.78 is 5.96. The highest BCUT2D eigenvalue weighted by Gasteiger charge is 2.16. The topological polar surface area (TPSA) is 67.4 Å². The molecule has 0 atom stereocenters. The summed E-state index contributed by atoms with van der Waals surface area (Å²) in [5.74, 6) is -0.144. The molecular formula is C16H23BrN2O3. The van der Waals surface area contributed by atoms with Crippen LogP contribution in [-0.4, -0.2) is 23.6 Å². The van der Waals surface area contributed by atoms with Gasteiger partial charge >= 0.3 is 6.09 Å². The largest absolute Gasteiger partial charge is 0.444 e. The van der Waals surface area contributed by atoms with Gasteiger partial charge in [0.25, 0.3) is 5.91 Å². The van der Waals surface area contributed by atoms with E-state index in [-0.39, 0.29) is 18.5 Å². The van der Waals surface area contributed by atoms with Gasteiger partial charge in [-0.05, 0) is 58.4 Å². The van der Waals surface area contributed by atoms with Gasteiger partial charge in [-0.3, -0.25) is 4.79 Å². The van der Waals surface area contributed by atoms with E-state index < -0.39 is 11.7 Å². The average molecular weight is 371 g/mol. The van der Waals surface area contributed by atoms with Crippen molar-refractivity contribution in [2.24, 2.45) is 0 Å². The SMILES string of the molecule is CC(C)NC(=O)c1cc(Br)cc(CNC(=O)OC(C)(C)C)c1. The van der Waals surface area contributed by atoms with Crippen LogP contribution in [0, 0.1) is 0 Å². The van der Waals surface area contributed by atoms with E-state index in [0.29, 0.717) is 5.56 Å². The van der Waals surface area contributed by atoms with E-state index in [1.165, 1.54) is 0 Å². The molecular weight excluding hydrogens is 348 g/mol. The number of carbonyl (C=O) groups excluding carboxylic acids is 2. The van der Waals surface area contributed by atoms with Gasteiger partial charge in [0.05, 0.1) is 0 Å². The van der Waals surface area contributed by atoms with Gasteiger partial charge in [0.2, 0.25) is 0 Å². The first-order valence-corrected chi connectivity index (χ1v) is 7.93. The normalized spacial score (nSPS) is 11.2. The van der Waals surface area contributed by atoms with E-state index in [1.54, 1.807) is 32.9 Å². The predicted octanol–water partition coefficient (Wildman–Crippen LogP) is 3.61. The second kappa shape index (κ2) is 7.63. The van der Waals surface area contributed by atoms with Crippen LogP contribution in [0.5, 0.6) is 0 Å². The molecule has 0 aliphatic carbocycles. The highest BCUT2D eigenvalue weighted by Crippen LogP contribution is 2.16. The van der Waals surface area contributed by atoms with Gasteiger partial charge in [-0.2, -0.15) is 0 Å². The third-order valence-electron chi connectivity index (χ3n) is 2.48. The maximum atomic E-state index is 12.0. The van der Waals surface area contributed by atoms with Crippen molar-refractivity contribution >= 4 is 27.9 Å². The highest BCUT2D eigenvalue weighted by molar-refractivity contribution is 9.10. The van der Waals surface area contributed by atoms with Gasteiger partial charge in [-0.1, -0.05) is 15.9 Å². The number of alkyl carbamates (subject to hydrolysis) is 1. The maximum Gasteiger partial charge on any atom is 0.407 e. The second-order valence-corrected chi connectivity index (χ2v) is 7.25. The molecule has 122 valence electrons. The molecule has 0 saturated heterocycles. The fourth-order valence-electron chi connectivity index (χ4n) is 1.72. The smallest absolute Gasteiger partial charge is 0.407 e. The van der Waals surface area contributed by atoms with Gasteiger partial charge in [-0.25, -0.2) is 4.79 Å². The highest BCUT2D eigenvalue weighted by atomic mass is 79.9. The molecule has 0 unspecified atom stereocenters. The summed E-state index contributed by atoms with van der Waals surface area (Å²) >= 11 is 3.38. The third kappa shape index (κ3) is 6.93. The summed E-state index contributed by atoms with van der Waals surface area (Å²) in [4.78, 5) is 23.7. The number of carbonyl (C=O) groups is 2. The standard InChI is InChI=1S/C16H23BrN2O3/c1-10(2)19-14(20)12-6-11(7-13(17)8-12)9-18-15(21)22-16(3,4)5/h6-8,10H,9H2,1-5H3,(H,18,21)(H,19,20). The Kier molecular flexibility index (Phi) is 6.41. The minimum atomic E-state index is -0.538. The van der Waals surface area contributed by atoms with Crippen LogP contribution in [0.15, 0.2) is 22.7 Å². The lowest BCUT2D eigenvalue weighted by molar-refractivity contribution is 0.0523. The van der Waals surface area contributed by atoms with Crippen molar-refractivity contribution in [1.29, 1.82) is 0 Å². The lowest BCUT2D eigenvalue weighted by Crippen LogP contribution is -2.32. The quantitative estimate of drug-likeness (QED) is 0.850. The minimum Gasteiger partial charge on any atom is -0.444 e. The van der Waals surface area contributed by atoms with Crippen molar-refractivity contribution in [3.63, 3.8) is 0 Å². The van der Waals surface area contributed by atoms with Crippen molar-refractivity contribution in [3.05, 3.63) is 33.8 Å². The van der Waals surface area contributed by atoms with Gasteiger partial charge in [0, 0.05) is 22.6 Å². The summed E-state index contributed by atoms with van der Waals surface area (Å²) in [6.07, 6.45) is -0.486. The first kappa shape index (κ1) is 18.5. The monoisotopic (exact) mass is 370 g/mol. The third-order valence-corrected chi connectivity index (χ3v) is 2.93. The van der Waals surface area contributed by atoms with Crippen LogP contribution in [0.4, 0.5) is 4.79 Å². The van der Waals surface area contributed by atoms with Gasteiger partial charge in [0.15, 0.2) is 0 Å². The number of ether oxygens (including phenoxy) is 1. The number of amides is 2. The molecule has 0 spiro atoms. The predicted molar refractivity (Wildman–Crippen MR) is 89.8 cm³/mol. The number of rotatable bonds is 4. The molecule has 0 heterocycles. The van der Waals surface area contributed by atoms with Crippen molar-refractivity contribution < 1.29 is 14.3 Å². The molecule has 0 aliphatic rings. The zero-order valence-corrected chi connectivity index (χ0v) is 15.2. The van der Waals surface area contributed by atoms with Crippen LogP contribution in [-0.2, 0) is 11.3 Å². The number of halogens is 1. The lowest BCUT2D eigenvalue weighted by atomic mass is 10.1. The molecule has 0 saturated carbocycles. The fraction of sp³-hybridized carbons (Fsp3) is 0.500. The molecule has 0 fully saturated rings. The Balaban J connectivity index is 2.74. The first-order chi connectivity index (χ1) is 10.1. The second-order valence-electron chi connectivity index (χ2n) is 6.33. The summed E-state index contributed by atoms with van der Waals surface area (Å²) in [7, 11) is 0. The van der Waals surface area contributed by atoms with Crippen molar-refractivity contribution in [2.45, 2.75) is 52.8 Å². The molecule has 1 rings (SSSR count). The Morgan fingerprint density at radius 2 is 1.86 bits per heavy atom. The molecule has 2 N–H and O–H groups in total. The molecule has 0 aromatic heterocycles. The molecule has 0 aliphatic heterocycles. The number of benzene rings is 1. The van der Waals surface area contributed by atoms with Gasteiger partial charge in [-0.15, -0.1) is 0 Å². The molecule has 2 amide bonds. The average Bonchev–Trinajstić information content (AvgIpc) is 2.33. The molecule has 5 nitrogen and oxygen atoms in total. The van der Waals surface area contributed by atoms with Crippen LogP contribution in [0.25, 0.3) is 0 Å². The molecule has 0 radical (unpaired) electrons. The number of hydrogen-bond donors (Lipinski definition) is 2. The van der Waals surface area contributed by atoms with Crippen molar-refractivity contribution in [3.8, 4) is 0 Å². The minimum absolute atomic E-state index is 0.0646. The van der Waals surface area contributed by atoms with Gasteiger partial charge in [0.1, 0.15) is 5.60 Å². The van der Waals surface area contributed by atoms with Crippen LogP contribution in [0.2, 0.25) is 0 Å². The first-order valence-electron chi connectivity index (χ1n) is 7.14. The van der Waals surface area contributed by atoms with Crippen LogP contribution in [0.3, 0.4) is 0 Å². The van der Waals surface area contributed by atoms with Crippen molar-refractivity contribution in [2.75, 3.05) is 0 Å². The fourth-order valence-corrected chi connectivity index (χ4v) is 2.26. The Labute approximate surface area is 139 Å². The van der Waals surface area contributed by atoms with E-state index >= 15 is 0 Å². The number of nitrogens with one attached hydrogen (secondary N) is 2. The van der Waals surface area contributed by atoms with E-state index in [1.807, 2.05) is 19.9 Å². The molecule has 22 heavy (non-hydrogen) atoms.